The van der Waals surface area contributed by atoms with Crippen LogP contribution in [0.1, 0.15) is 26.2 Å². The van der Waals surface area contributed by atoms with Crippen molar-refractivity contribution in [2.24, 2.45) is 23.2 Å². The molecule has 0 radical (unpaired) electrons. The van der Waals surface area contributed by atoms with Crippen molar-refractivity contribution >= 4 is 5.97 Å². The lowest BCUT2D eigenvalue weighted by Gasteiger charge is -2.52. The maximum absolute atomic E-state index is 11.6. The van der Waals surface area contributed by atoms with Gasteiger partial charge in [0.15, 0.2) is 0 Å². The van der Waals surface area contributed by atoms with E-state index in [9.17, 15) is 9.90 Å². The van der Waals surface area contributed by atoms with Gasteiger partial charge in [-0.15, -0.1) is 0 Å². The normalized spacial score (nSPS) is 54.9. The number of carbonyl (C=O) groups is 1. The number of hydrogen-bond donors (Lipinski definition) is 1. The largest absolute Gasteiger partial charge is 0.459 e. The first-order chi connectivity index (χ1) is 6.69. The molecule has 5 atom stereocenters. The predicted octanol–water partition coefficient (Wildman–Crippen LogP) is 0.957. The van der Waals surface area contributed by atoms with E-state index in [-0.39, 0.29) is 30.0 Å². The summed E-state index contributed by atoms with van der Waals surface area (Å²) in [6.45, 7) is 2.11. The smallest absolute Gasteiger partial charge is 0.310 e. The summed E-state index contributed by atoms with van der Waals surface area (Å²) in [6.07, 6.45) is 3.40. The van der Waals surface area contributed by atoms with Crippen molar-refractivity contribution in [3.05, 3.63) is 0 Å². The van der Waals surface area contributed by atoms with Crippen molar-refractivity contribution in [3.63, 3.8) is 0 Å². The van der Waals surface area contributed by atoms with Gasteiger partial charge in [0.1, 0.15) is 6.10 Å². The molecule has 1 heterocycles. The van der Waals surface area contributed by atoms with Gasteiger partial charge < -0.3 is 9.84 Å². The Bertz CT molecular complexity index is 288. The zero-order valence-electron chi connectivity index (χ0n) is 8.40. The fourth-order valence-electron chi connectivity index (χ4n) is 4.18. The molecule has 3 fully saturated rings. The van der Waals surface area contributed by atoms with Gasteiger partial charge in [0.25, 0.3) is 0 Å². The van der Waals surface area contributed by atoms with E-state index in [1.807, 2.05) is 0 Å². The summed E-state index contributed by atoms with van der Waals surface area (Å²) >= 11 is 0. The van der Waals surface area contributed by atoms with Crippen LogP contribution in [0.15, 0.2) is 0 Å². The minimum Gasteiger partial charge on any atom is -0.459 e. The van der Waals surface area contributed by atoms with E-state index in [0.717, 1.165) is 0 Å². The molecule has 1 N–H and O–H groups in total. The number of fused-ring (bicyclic) bond motifs is 4. The summed E-state index contributed by atoms with van der Waals surface area (Å²) in [7, 11) is 0. The molecule has 0 amide bonds. The second kappa shape index (κ2) is 2.51. The van der Waals surface area contributed by atoms with Gasteiger partial charge in [-0.05, 0) is 24.7 Å². The van der Waals surface area contributed by atoms with Gasteiger partial charge in [0, 0.05) is 5.41 Å². The summed E-state index contributed by atoms with van der Waals surface area (Å²) < 4.78 is 5.25. The number of rotatable bonds is 1. The first-order valence-corrected chi connectivity index (χ1v) is 5.51. The molecule has 14 heavy (non-hydrogen) atoms. The van der Waals surface area contributed by atoms with Crippen LogP contribution in [0.25, 0.3) is 0 Å². The lowest BCUT2D eigenvalue weighted by atomic mass is 9.48. The quantitative estimate of drug-likeness (QED) is 0.635. The van der Waals surface area contributed by atoms with Crippen molar-refractivity contribution in [3.8, 4) is 0 Å². The molecule has 3 heteroatoms. The fourth-order valence-corrected chi connectivity index (χ4v) is 4.18. The molecule has 0 unspecified atom stereocenters. The van der Waals surface area contributed by atoms with Crippen LogP contribution in [0.5, 0.6) is 0 Å². The van der Waals surface area contributed by atoms with Crippen LogP contribution in [-0.4, -0.2) is 23.8 Å². The summed E-state index contributed by atoms with van der Waals surface area (Å²) in [5.41, 5.74) is -0.0486. The van der Waals surface area contributed by atoms with Crippen molar-refractivity contribution in [2.75, 3.05) is 6.61 Å². The highest BCUT2D eigenvalue weighted by Crippen LogP contribution is 2.67. The van der Waals surface area contributed by atoms with E-state index >= 15 is 0 Å². The van der Waals surface area contributed by atoms with E-state index < -0.39 is 0 Å². The SMILES string of the molecule is C[C@]12[C@H](CO)OC(=O)[C@H]1[C@@H]1CCC[C@@H]12. The van der Waals surface area contributed by atoms with Crippen LogP contribution in [0.2, 0.25) is 0 Å². The van der Waals surface area contributed by atoms with Gasteiger partial charge in [0.2, 0.25) is 0 Å². The van der Waals surface area contributed by atoms with Crippen LogP contribution < -0.4 is 0 Å². The van der Waals surface area contributed by atoms with Gasteiger partial charge in [0.05, 0.1) is 12.5 Å². The standard InChI is InChI=1S/C11H16O3/c1-11-7-4-2-3-6(7)9(11)10(13)14-8(11)5-12/h6-9,12H,2-5H2,1H3/t6-,7+,8+,9-,11+/m1/s1. The molecule has 0 aromatic rings. The third-order valence-corrected chi connectivity index (χ3v) is 4.84. The molecule has 3 aliphatic rings. The summed E-state index contributed by atoms with van der Waals surface area (Å²) in [4.78, 5) is 11.6. The number of hydrogen-bond acceptors (Lipinski definition) is 3. The Morgan fingerprint density at radius 3 is 3.07 bits per heavy atom. The number of aliphatic hydroxyl groups excluding tert-OH is 1. The molecule has 2 aliphatic carbocycles. The first-order valence-electron chi connectivity index (χ1n) is 5.51. The molecule has 3 rings (SSSR count). The monoisotopic (exact) mass is 196 g/mol. The molecule has 2 saturated carbocycles. The number of cyclic esters (lactones) is 1. The molecule has 0 bridgehead atoms. The second-order valence-corrected chi connectivity index (χ2v) is 5.15. The Balaban J connectivity index is 1.96. The topological polar surface area (TPSA) is 46.5 Å². The minimum absolute atomic E-state index is 0.0119. The highest BCUT2D eigenvalue weighted by Gasteiger charge is 2.71. The van der Waals surface area contributed by atoms with Gasteiger partial charge in [-0.3, -0.25) is 4.79 Å². The maximum Gasteiger partial charge on any atom is 0.310 e. The van der Waals surface area contributed by atoms with E-state index in [1.165, 1.54) is 19.3 Å². The zero-order chi connectivity index (χ0) is 9.92. The van der Waals surface area contributed by atoms with Crippen LogP contribution in [0.4, 0.5) is 0 Å². The van der Waals surface area contributed by atoms with Gasteiger partial charge >= 0.3 is 5.97 Å². The summed E-state index contributed by atoms with van der Waals surface area (Å²) in [5.74, 6) is 1.21. The molecular formula is C11H16O3. The minimum atomic E-state index is -0.237. The average Bonchev–Trinajstić information content (AvgIpc) is 2.65. The number of ether oxygens (including phenoxy) is 1. The Kier molecular flexibility index (Phi) is 1.56. The van der Waals surface area contributed by atoms with Crippen LogP contribution in [-0.2, 0) is 9.53 Å². The van der Waals surface area contributed by atoms with Gasteiger partial charge in [-0.2, -0.15) is 0 Å². The third kappa shape index (κ3) is 0.724. The van der Waals surface area contributed by atoms with E-state index in [2.05, 4.69) is 6.92 Å². The lowest BCUT2D eigenvalue weighted by Crippen LogP contribution is -2.56. The molecule has 1 saturated heterocycles. The third-order valence-electron chi connectivity index (χ3n) is 4.84. The van der Waals surface area contributed by atoms with E-state index in [1.54, 1.807) is 0 Å². The van der Waals surface area contributed by atoms with Gasteiger partial charge in [-0.25, -0.2) is 0 Å². The number of aliphatic hydroxyl groups is 1. The Hall–Kier alpha value is -0.570. The molecule has 3 nitrogen and oxygen atoms in total. The molecule has 0 aromatic carbocycles. The van der Waals surface area contributed by atoms with E-state index in [0.29, 0.717) is 11.8 Å². The number of carbonyl (C=O) groups excluding carboxylic acids is 1. The summed E-state index contributed by atoms with van der Waals surface area (Å²) in [5, 5.41) is 9.21. The maximum atomic E-state index is 11.6. The highest BCUT2D eigenvalue weighted by atomic mass is 16.6. The highest BCUT2D eigenvalue weighted by molar-refractivity contribution is 5.78. The van der Waals surface area contributed by atoms with Crippen molar-refractivity contribution in [1.82, 2.24) is 0 Å². The average molecular weight is 196 g/mol. The first kappa shape index (κ1) is 8.72. The van der Waals surface area contributed by atoms with Crippen LogP contribution in [0.3, 0.4) is 0 Å². The van der Waals surface area contributed by atoms with Crippen molar-refractivity contribution in [1.29, 1.82) is 0 Å². The summed E-state index contributed by atoms with van der Waals surface area (Å²) in [6, 6.07) is 0. The molecule has 1 aliphatic heterocycles. The van der Waals surface area contributed by atoms with Crippen molar-refractivity contribution < 1.29 is 14.6 Å². The fraction of sp³-hybridized carbons (Fsp3) is 0.909. The molecule has 78 valence electrons. The lowest BCUT2D eigenvalue weighted by molar-refractivity contribution is -0.148. The molecule has 0 aromatic heterocycles. The van der Waals surface area contributed by atoms with Crippen LogP contribution >= 0.6 is 0 Å². The Labute approximate surface area is 83.4 Å². The van der Waals surface area contributed by atoms with E-state index in [4.69, 9.17) is 4.74 Å². The molecular weight excluding hydrogens is 180 g/mol. The zero-order valence-corrected chi connectivity index (χ0v) is 8.40. The Morgan fingerprint density at radius 1 is 1.57 bits per heavy atom. The predicted molar refractivity (Wildman–Crippen MR) is 49.4 cm³/mol. The second-order valence-electron chi connectivity index (χ2n) is 5.15. The Morgan fingerprint density at radius 2 is 2.36 bits per heavy atom. The van der Waals surface area contributed by atoms with Gasteiger partial charge in [-0.1, -0.05) is 13.3 Å². The van der Waals surface area contributed by atoms with Crippen molar-refractivity contribution in [2.45, 2.75) is 32.3 Å². The molecule has 0 spiro atoms. The van der Waals surface area contributed by atoms with Crippen LogP contribution in [0, 0.1) is 23.2 Å². The number of esters is 1.